The number of benzene rings is 9. The molecule has 0 aliphatic heterocycles. The summed E-state index contributed by atoms with van der Waals surface area (Å²) in [6.45, 7) is 0. The van der Waals surface area contributed by atoms with Crippen molar-refractivity contribution in [1.29, 1.82) is 0 Å². The lowest BCUT2D eigenvalue weighted by Crippen LogP contribution is -1.93. The highest BCUT2D eigenvalue weighted by Crippen LogP contribution is 2.47. The Morgan fingerprint density at radius 2 is 0.688 bits per heavy atom. The second-order valence-corrected chi connectivity index (χ2v) is 12.4. The molecule has 0 unspecified atom stereocenters. The molecule has 0 atom stereocenters. The fourth-order valence-corrected chi connectivity index (χ4v) is 7.45. The Labute approximate surface area is 281 Å². The predicted molar refractivity (Wildman–Crippen MR) is 206 cm³/mol. The van der Waals surface area contributed by atoms with Crippen molar-refractivity contribution in [1.82, 2.24) is 0 Å². The standard InChI is InChI=1S/C48H32/c1-3-14-33(15-4-1)38-30-31-45-46(32-38)48(42-22-10-9-21-41(42)34-16-5-2-6-17-34)44-24-12-11-23-43(44)47(45)37-28-26-36(27-29-37)40-25-13-19-35-18-7-8-20-39(35)40/h1-32H. The molecule has 0 aliphatic carbocycles. The third-order valence-electron chi connectivity index (χ3n) is 9.69. The number of hydrogen-bond acceptors (Lipinski definition) is 0. The Bertz CT molecular complexity index is 2570. The smallest absolute Gasteiger partial charge is 0.00199 e. The summed E-state index contributed by atoms with van der Waals surface area (Å²) in [6, 6.07) is 70.7. The van der Waals surface area contributed by atoms with Crippen LogP contribution in [0.5, 0.6) is 0 Å². The lowest BCUT2D eigenvalue weighted by molar-refractivity contribution is 1.60. The largest absolute Gasteiger partial charge is 0.0622 e. The Kier molecular flexibility index (Phi) is 6.91. The van der Waals surface area contributed by atoms with Crippen LogP contribution >= 0.6 is 0 Å². The van der Waals surface area contributed by atoms with Gasteiger partial charge in [0.15, 0.2) is 0 Å². The highest BCUT2D eigenvalue weighted by Gasteiger charge is 2.19. The zero-order valence-electron chi connectivity index (χ0n) is 26.5. The topological polar surface area (TPSA) is 0 Å². The van der Waals surface area contributed by atoms with Crippen LogP contribution in [-0.2, 0) is 0 Å². The lowest BCUT2D eigenvalue weighted by atomic mass is 9.83. The molecule has 0 spiro atoms. The van der Waals surface area contributed by atoms with Crippen molar-refractivity contribution in [3.05, 3.63) is 194 Å². The van der Waals surface area contributed by atoms with E-state index in [0.29, 0.717) is 0 Å². The van der Waals surface area contributed by atoms with E-state index in [2.05, 4.69) is 194 Å². The van der Waals surface area contributed by atoms with Crippen LogP contribution in [0.4, 0.5) is 0 Å². The molecule has 224 valence electrons. The third-order valence-corrected chi connectivity index (χ3v) is 9.69. The third kappa shape index (κ3) is 4.78. The maximum atomic E-state index is 2.40. The fourth-order valence-electron chi connectivity index (χ4n) is 7.45. The van der Waals surface area contributed by atoms with Gasteiger partial charge in [-0.3, -0.25) is 0 Å². The van der Waals surface area contributed by atoms with Gasteiger partial charge in [0.1, 0.15) is 0 Å². The molecular formula is C48H32. The molecule has 48 heavy (non-hydrogen) atoms. The summed E-state index contributed by atoms with van der Waals surface area (Å²) in [5, 5.41) is 7.56. The summed E-state index contributed by atoms with van der Waals surface area (Å²) in [5.74, 6) is 0. The van der Waals surface area contributed by atoms with Gasteiger partial charge in [-0.15, -0.1) is 0 Å². The van der Waals surface area contributed by atoms with Crippen LogP contribution in [0.1, 0.15) is 0 Å². The number of hydrogen-bond donors (Lipinski definition) is 0. The summed E-state index contributed by atoms with van der Waals surface area (Å²) in [7, 11) is 0. The first-order valence-corrected chi connectivity index (χ1v) is 16.6. The number of fused-ring (bicyclic) bond motifs is 3. The molecule has 9 aromatic carbocycles. The van der Waals surface area contributed by atoms with Gasteiger partial charge in [0.25, 0.3) is 0 Å². The lowest BCUT2D eigenvalue weighted by Gasteiger charge is -2.20. The van der Waals surface area contributed by atoms with E-state index in [1.54, 1.807) is 0 Å². The van der Waals surface area contributed by atoms with Gasteiger partial charge >= 0.3 is 0 Å². The van der Waals surface area contributed by atoms with E-state index in [1.807, 2.05) is 0 Å². The molecule has 0 aromatic heterocycles. The summed E-state index contributed by atoms with van der Waals surface area (Å²) in [4.78, 5) is 0. The minimum atomic E-state index is 1.22. The number of rotatable bonds is 5. The maximum absolute atomic E-state index is 2.40. The molecule has 9 rings (SSSR count). The first kappa shape index (κ1) is 28.0. The zero-order chi connectivity index (χ0) is 31.9. The van der Waals surface area contributed by atoms with Crippen LogP contribution in [0, 0.1) is 0 Å². The molecule has 0 amide bonds. The fraction of sp³-hybridized carbons (Fsp3) is 0. The van der Waals surface area contributed by atoms with Crippen LogP contribution < -0.4 is 0 Å². The van der Waals surface area contributed by atoms with Crippen molar-refractivity contribution < 1.29 is 0 Å². The van der Waals surface area contributed by atoms with Gasteiger partial charge in [-0.2, -0.15) is 0 Å². The van der Waals surface area contributed by atoms with Crippen LogP contribution in [0.15, 0.2) is 194 Å². The maximum Gasteiger partial charge on any atom is -0.00199 e. The van der Waals surface area contributed by atoms with E-state index in [0.717, 1.165) is 0 Å². The molecule has 0 saturated heterocycles. The van der Waals surface area contributed by atoms with E-state index in [-0.39, 0.29) is 0 Å². The molecule has 0 heterocycles. The molecule has 0 N–H and O–H groups in total. The van der Waals surface area contributed by atoms with Gasteiger partial charge in [0, 0.05) is 0 Å². The van der Waals surface area contributed by atoms with Crippen LogP contribution in [-0.4, -0.2) is 0 Å². The molecule has 0 radical (unpaired) electrons. The minimum Gasteiger partial charge on any atom is -0.0622 e. The van der Waals surface area contributed by atoms with Gasteiger partial charge < -0.3 is 0 Å². The van der Waals surface area contributed by atoms with Crippen molar-refractivity contribution in [3.8, 4) is 55.6 Å². The summed E-state index contributed by atoms with van der Waals surface area (Å²) < 4.78 is 0. The van der Waals surface area contributed by atoms with E-state index in [9.17, 15) is 0 Å². The van der Waals surface area contributed by atoms with Gasteiger partial charge in [-0.05, 0) is 94.0 Å². The van der Waals surface area contributed by atoms with Crippen molar-refractivity contribution in [2.24, 2.45) is 0 Å². The van der Waals surface area contributed by atoms with E-state index >= 15 is 0 Å². The Morgan fingerprint density at radius 1 is 0.208 bits per heavy atom. The van der Waals surface area contributed by atoms with E-state index in [4.69, 9.17) is 0 Å². The van der Waals surface area contributed by atoms with Crippen molar-refractivity contribution in [2.45, 2.75) is 0 Å². The van der Waals surface area contributed by atoms with Crippen LogP contribution in [0.25, 0.3) is 88.0 Å². The molecule has 9 aromatic rings. The van der Waals surface area contributed by atoms with Crippen LogP contribution in [0.2, 0.25) is 0 Å². The Morgan fingerprint density at radius 3 is 1.44 bits per heavy atom. The molecule has 0 heteroatoms. The van der Waals surface area contributed by atoms with Gasteiger partial charge in [-0.1, -0.05) is 188 Å². The summed E-state index contributed by atoms with van der Waals surface area (Å²) in [6.07, 6.45) is 0. The highest BCUT2D eigenvalue weighted by molar-refractivity contribution is 6.23. The second kappa shape index (κ2) is 11.8. The first-order chi connectivity index (χ1) is 23.8. The molecule has 0 nitrogen and oxygen atoms in total. The molecule has 0 saturated carbocycles. The quantitative estimate of drug-likeness (QED) is 0.171. The average molecular weight is 609 g/mol. The van der Waals surface area contributed by atoms with Crippen LogP contribution in [0.3, 0.4) is 0 Å². The summed E-state index contributed by atoms with van der Waals surface area (Å²) in [5.41, 5.74) is 12.4. The molecular weight excluding hydrogens is 577 g/mol. The highest BCUT2D eigenvalue weighted by atomic mass is 14.2. The average Bonchev–Trinajstić information content (AvgIpc) is 3.17. The zero-order valence-corrected chi connectivity index (χ0v) is 26.5. The van der Waals surface area contributed by atoms with Gasteiger partial charge in [0.05, 0.1) is 0 Å². The van der Waals surface area contributed by atoms with Crippen molar-refractivity contribution in [3.63, 3.8) is 0 Å². The van der Waals surface area contributed by atoms with Gasteiger partial charge in [-0.25, -0.2) is 0 Å². The monoisotopic (exact) mass is 608 g/mol. The van der Waals surface area contributed by atoms with E-state index in [1.165, 1.54) is 88.0 Å². The minimum absolute atomic E-state index is 1.22. The normalized spacial score (nSPS) is 11.3. The predicted octanol–water partition coefficient (Wildman–Crippen LogP) is 13.5. The summed E-state index contributed by atoms with van der Waals surface area (Å²) >= 11 is 0. The Balaban J connectivity index is 1.33. The van der Waals surface area contributed by atoms with Crippen molar-refractivity contribution >= 4 is 32.3 Å². The molecule has 0 bridgehead atoms. The van der Waals surface area contributed by atoms with E-state index < -0.39 is 0 Å². The van der Waals surface area contributed by atoms with Crippen molar-refractivity contribution in [2.75, 3.05) is 0 Å². The SMILES string of the molecule is c1ccc(-c2ccc3c(-c4ccc(-c5cccc6ccccc56)cc4)c4ccccc4c(-c4ccccc4-c4ccccc4)c3c2)cc1. The van der Waals surface area contributed by atoms with Gasteiger partial charge in [0.2, 0.25) is 0 Å². The Hall–Kier alpha value is -6.24. The molecule has 0 fully saturated rings. The first-order valence-electron chi connectivity index (χ1n) is 16.6. The molecule has 0 aliphatic rings. The second-order valence-electron chi connectivity index (χ2n) is 12.4.